The molecule has 1 heterocycles. The molecule has 1 aliphatic rings. The van der Waals surface area contributed by atoms with Crippen LogP contribution in [0.4, 0.5) is 0 Å². The van der Waals surface area contributed by atoms with Gasteiger partial charge in [0.05, 0.1) is 0 Å². The third kappa shape index (κ3) is 2.17. The average molecular weight is 429 g/mol. The molecular formula is C24H15NO5S. The molecule has 0 aliphatic carbocycles. The Hall–Kier alpha value is -3.55. The Morgan fingerprint density at radius 2 is 1.23 bits per heavy atom. The number of hydrogen-bond donors (Lipinski definition) is 1. The summed E-state index contributed by atoms with van der Waals surface area (Å²) in [6, 6.07) is 15.5. The van der Waals surface area contributed by atoms with Crippen molar-refractivity contribution in [3.8, 4) is 0 Å². The number of carbonyl (C=O) groups is 2. The van der Waals surface area contributed by atoms with Crippen LogP contribution in [0.5, 0.6) is 0 Å². The van der Waals surface area contributed by atoms with E-state index in [2.05, 4.69) is 0 Å². The van der Waals surface area contributed by atoms with Crippen molar-refractivity contribution in [3.05, 3.63) is 65.7 Å². The first-order valence-electron chi connectivity index (χ1n) is 9.82. The number of rotatable bonds is 2. The summed E-state index contributed by atoms with van der Waals surface area (Å²) < 4.78 is 33.6. The van der Waals surface area contributed by atoms with Crippen LogP contribution in [0.15, 0.2) is 59.5 Å². The molecular weight excluding hydrogens is 414 g/mol. The zero-order valence-electron chi connectivity index (χ0n) is 16.3. The number of amides is 2. The first-order valence-corrected chi connectivity index (χ1v) is 11.3. The third-order valence-corrected chi connectivity index (χ3v) is 7.20. The summed E-state index contributed by atoms with van der Waals surface area (Å²) in [7, 11) is -4.40. The molecule has 5 aromatic carbocycles. The molecule has 2 amide bonds. The van der Waals surface area contributed by atoms with E-state index in [1.807, 2.05) is 18.2 Å². The molecule has 7 heteroatoms. The normalized spacial score (nSPS) is 14.6. The number of nitrogens with zero attached hydrogens (tertiary/aromatic N) is 1. The second-order valence-electron chi connectivity index (χ2n) is 7.74. The van der Waals surface area contributed by atoms with Crippen LogP contribution in [0.2, 0.25) is 0 Å². The molecule has 6 nitrogen and oxygen atoms in total. The Bertz CT molecular complexity index is 1670. The van der Waals surface area contributed by atoms with Gasteiger partial charge in [0.1, 0.15) is 4.90 Å². The first kappa shape index (κ1) is 18.2. The first-order chi connectivity index (χ1) is 14.8. The molecule has 0 fully saturated rings. The van der Waals surface area contributed by atoms with Gasteiger partial charge in [-0.3, -0.25) is 19.0 Å². The van der Waals surface area contributed by atoms with Crippen LogP contribution >= 0.6 is 0 Å². The summed E-state index contributed by atoms with van der Waals surface area (Å²) in [6.45, 7) is 2.07. The van der Waals surface area contributed by atoms with Gasteiger partial charge in [-0.1, -0.05) is 36.4 Å². The quantitative estimate of drug-likeness (QED) is 0.192. The van der Waals surface area contributed by atoms with Crippen LogP contribution in [0.3, 0.4) is 0 Å². The summed E-state index contributed by atoms with van der Waals surface area (Å²) in [5.74, 6) is -0.621. The van der Waals surface area contributed by atoms with E-state index in [1.54, 1.807) is 37.3 Å². The summed E-state index contributed by atoms with van der Waals surface area (Å²) in [4.78, 5) is 27.0. The zero-order valence-corrected chi connectivity index (χ0v) is 17.2. The van der Waals surface area contributed by atoms with E-state index >= 15 is 0 Å². The predicted molar refractivity (Wildman–Crippen MR) is 119 cm³/mol. The lowest BCUT2D eigenvalue weighted by atomic mass is 9.85. The zero-order chi connectivity index (χ0) is 21.7. The van der Waals surface area contributed by atoms with Gasteiger partial charge in [0.15, 0.2) is 0 Å². The van der Waals surface area contributed by atoms with Gasteiger partial charge in [-0.15, -0.1) is 0 Å². The lowest BCUT2D eigenvalue weighted by Crippen LogP contribution is -2.40. The van der Waals surface area contributed by atoms with Crippen molar-refractivity contribution in [1.29, 1.82) is 0 Å². The van der Waals surface area contributed by atoms with Crippen LogP contribution in [0.1, 0.15) is 27.6 Å². The minimum Gasteiger partial charge on any atom is -0.282 e. The lowest BCUT2D eigenvalue weighted by Gasteiger charge is -2.27. The number of benzene rings is 5. The summed E-state index contributed by atoms with van der Waals surface area (Å²) in [5.41, 5.74) is 0.976. The van der Waals surface area contributed by atoms with Crippen molar-refractivity contribution in [1.82, 2.24) is 4.90 Å². The van der Waals surface area contributed by atoms with E-state index in [4.69, 9.17) is 0 Å². The van der Waals surface area contributed by atoms with E-state index in [1.165, 1.54) is 11.0 Å². The third-order valence-electron chi connectivity index (χ3n) is 6.29. The van der Waals surface area contributed by atoms with Gasteiger partial charge in [-0.05, 0) is 57.4 Å². The highest BCUT2D eigenvalue weighted by atomic mass is 32.2. The lowest BCUT2D eigenvalue weighted by molar-refractivity contribution is 0.0619. The fourth-order valence-electron chi connectivity index (χ4n) is 5.02. The molecule has 152 valence electrons. The van der Waals surface area contributed by atoms with Gasteiger partial charge in [-0.2, -0.15) is 8.42 Å². The van der Waals surface area contributed by atoms with Gasteiger partial charge in [0, 0.05) is 28.4 Å². The summed E-state index contributed by atoms with van der Waals surface area (Å²) >= 11 is 0. The maximum atomic E-state index is 13.0. The second-order valence-corrected chi connectivity index (χ2v) is 9.13. The Morgan fingerprint density at radius 1 is 0.710 bits per heavy atom. The number of fused-ring (bicyclic) bond motifs is 2. The highest BCUT2D eigenvalue weighted by Gasteiger charge is 2.33. The molecule has 1 aliphatic heterocycles. The number of carbonyl (C=O) groups excluding carboxylic acids is 2. The Kier molecular flexibility index (Phi) is 3.40. The van der Waals surface area contributed by atoms with Crippen molar-refractivity contribution in [2.45, 2.75) is 11.8 Å². The average Bonchev–Trinajstić information content (AvgIpc) is 2.75. The Morgan fingerprint density at radius 3 is 1.81 bits per heavy atom. The SMILES string of the molecule is CCN1C(=O)c2ccc3c4cccc5c(S(=O)(=O)O)ccc(c6ccc(c2c36)C1=O)c54. The minimum absolute atomic E-state index is 0.147. The fourth-order valence-corrected chi connectivity index (χ4v) is 5.71. The van der Waals surface area contributed by atoms with Crippen molar-refractivity contribution < 1.29 is 22.6 Å². The second kappa shape index (κ2) is 5.78. The molecule has 0 saturated heterocycles. The summed E-state index contributed by atoms with van der Waals surface area (Å²) in [6.07, 6.45) is 0. The Labute approximate surface area is 176 Å². The van der Waals surface area contributed by atoms with E-state index in [0.717, 1.165) is 32.3 Å². The van der Waals surface area contributed by atoms with Crippen molar-refractivity contribution >= 4 is 65.0 Å². The highest BCUT2D eigenvalue weighted by Crippen LogP contribution is 2.44. The van der Waals surface area contributed by atoms with Crippen LogP contribution in [-0.4, -0.2) is 36.2 Å². The molecule has 31 heavy (non-hydrogen) atoms. The summed E-state index contributed by atoms with van der Waals surface area (Å²) in [5, 5.41) is 5.85. The van der Waals surface area contributed by atoms with Crippen LogP contribution in [0.25, 0.3) is 43.1 Å². The monoisotopic (exact) mass is 429 g/mol. The van der Waals surface area contributed by atoms with Gasteiger partial charge in [-0.25, -0.2) is 0 Å². The molecule has 0 saturated carbocycles. The molecule has 0 spiro atoms. The number of hydrogen-bond acceptors (Lipinski definition) is 4. The topological polar surface area (TPSA) is 91.8 Å². The molecule has 5 aromatic rings. The minimum atomic E-state index is -4.40. The molecule has 0 aromatic heterocycles. The smallest absolute Gasteiger partial charge is 0.282 e. The van der Waals surface area contributed by atoms with Crippen molar-refractivity contribution in [2.75, 3.05) is 6.54 Å². The molecule has 0 radical (unpaired) electrons. The predicted octanol–water partition coefficient (Wildman–Crippen LogP) is 4.60. The molecule has 0 unspecified atom stereocenters. The van der Waals surface area contributed by atoms with Crippen LogP contribution in [0, 0.1) is 0 Å². The molecule has 1 N–H and O–H groups in total. The van der Waals surface area contributed by atoms with Gasteiger partial charge >= 0.3 is 0 Å². The van der Waals surface area contributed by atoms with Crippen molar-refractivity contribution in [2.24, 2.45) is 0 Å². The van der Waals surface area contributed by atoms with Gasteiger partial charge in [0.2, 0.25) is 0 Å². The maximum absolute atomic E-state index is 13.0. The van der Waals surface area contributed by atoms with E-state index in [-0.39, 0.29) is 16.7 Å². The Balaban J connectivity index is 1.90. The standard InChI is InChI=1S/C24H15NO5S/c1-2-25-23(26)17-8-6-14-12-4-3-5-16-19(31(28,29)30)11-10-13(20(12)16)15-7-9-18(24(25)27)22(17)21(14)15/h3-11H,2H2,1H3,(H,28,29,30). The van der Waals surface area contributed by atoms with E-state index < -0.39 is 10.1 Å². The van der Waals surface area contributed by atoms with Gasteiger partial charge < -0.3 is 0 Å². The van der Waals surface area contributed by atoms with Crippen molar-refractivity contribution in [3.63, 3.8) is 0 Å². The van der Waals surface area contributed by atoms with E-state index in [9.17, 15) is 22.6 Å². The number of imide groups is 1. The molecule has 0 atom stereocenters. The van der Waals surface area contributed by atoms with E-state index in [0.29, 0.717) is 28.4 Å². The largest absolute Gasteiger partial charge is 0.295 e. The molecule has 6 rings (SSSR count). The highest BCUT2D eigenvalue weighted by molar-refractivity contribution is 7.86. The maximum Gasteiger partial charge on any atom is 0.295 e. The van der Waals surface area contributed by atoms with Crippen LogP contribution < -0.4 is 0 Å². The van der Waals surface area contributed by atoms with Crippen LogP contribution in [-0.2, 0) is 10.1 Å². The fraction of sp³-hybridized carbons (Fsp3) is 0.0833. The van der Waals surface area contributed by atoms with Gasteiger partial charge in [0.25, 0.3) is 21.9 Å². The molecule has 0 bridgehead atoms.